The highest BCUT2D eigenvalue weighted by molar-refractivity contribution is 5.69. The van der Waals surface area contributed by atoms with Crippen LogP contribution >= 0.6 is 0 Å². The van der Waals surface area contributed by atoms with Crippen molar-refractivity contribution in [2.24, 2.45) is 0 Å². The van der Waals surface area contributed by atoms with Crippen molar-refractivity contribution in [3.05, 3.63) is 35.9 Å². The number of rotatable bonds is 3. The van der Waals surface area contributed by atoms with E-state index in [2.05, 4.69) is 34.1 Å². The van der Waals surface area contributed by atoms with Gasteiger partial charge in [0.2, 0.25) is 0 Å². The van der Waals surface area contributed by atoms with Crippen molar-refractivity contribution in [2.45, 2.75) is 26.7 Å². The first-order valence-corrected chi connectivity index (χ1v) is 6.09. The van der Waals surface area contributed by atoms with E-state index in [1.807, 2.05) is 32.3 Å². The average molecular weight is 242 g/mol. The summed E-state index contributed by atoms with van der Waals surface area (Å²) in [6.45, 7) is 6.28. The van der Waals surface area contributed by atoms with Gasteiger partial charge in [-0.15, -0.1) is 0 Å². The molecule has 0 aromatic carbocycles. The Morgan fingerprint density at radius 1 is 1.17 bits per heavy atom. The van der Waals surface area contributed by atoms with Crippen molar-refractivity contribution in [3.8, 4) is 11.3 Å². The van der Waals surface area contributed by atoms with Crippen LogP contribution in [-0.4, -0.2) is 22.0 Å². The number of anilines is 1. The molecule has 0 aliphatic rings. The van der Waals surface area contributed by atoms with E-state index in [0.717, 1.165) is 28.3 Å². The molecule has 18 heavy (non-hydrogen) atoms. The first kappa shape index (κ1) is 12.5. The molecular formula is C14H18N4. The van der Waals surface area contributed by atoms with Crippen LogP contribution in [-0.2, 0) is 0 Å². The van der Waals surface area contributed by atoms with E-state index in [1.165, 1.54) is 0 Å². The number of hydrogen-bond acceptors (Lipinski definition) is 4. The fraction of sp³-hybridized carbons (Fsp3) is 0.357. The standard InChI is InChI=1S/C14H18N4/c1-9(2)12-13(17-8-18-14(12)15-4)11-5-6-16-10(3)7-11/h5-9H,1-4H3,(H,15,17,18). The minimum absolute atomic E-state index is 0.358. The molecule has 2 rings (SSSR count). The first-order valence-electron chi connectivity index (χ1n) is 6.09. The summed E-state index contributed by atoms with van der Waals surface area (Å²) in [6.07, 6.45) is 3.42. The molecule has 0 spiro atoms. The molecule has 0 unspecified atom stereocenters. The van der Waals surface area contributed by atoms with Crippen LogP contribution in [0.2, 0.25) is 0 Å². The van der Waals surface area contributed by atoms with Crippen LogP contribution in [0.3, 0.4) is 0 Å². The maximum Gasteiger partial charge on any atom is 0.133 e. The van der Waals surface area contributed by atoms with E-state index in [1.54, 1.807) is 6.33 Å². The van der Waals surface area contributed by atoms with Gasteiger partial charge in [0.1, 0.15) is 12.1 Å². The van der Waals surface area contributed by atoms with E-state index in [4.69, 9.17) is 0 Å². The van der Waals surface area contributed by atoms with Crippen molar-refractivity contribution in [1.82, 2.24) is 15.0 Å². The van der Waals surface area contributed by atoms with Crippen molar-refractivity contribution in [2.75, 3.05) is 12.4 Å². The number of hydrogen-bond donors (Lipinski definition) is 1. The summed E-state index contributed by atoms with van der Waals surface area (Å²) in [5.41, 5.74) is 4.21. The second kappa shape index (κ2) is 5.12. The molecule has 0 saturated heterocycles. The molecule has 1 N–H and O–H groups in total. The molecule has 0 aliphatic carbocycles. The van der Waals surface area contributed by atoms with E-state index < -0.39 is 0 Å². The minimum atomic E-state index is 0.358. The van der Waals surface area contributed by atoms with Crippen LogP contribution in [0.1, 0.15) is 31.0 Å². The maximum atomic E-state index is 4.44. The second-order valence-electron chi connectivity index (χ2n) is 4.58. The molecule has 2 heterocycles. The third kappa shape index (κ3) is 2.32. The van der Waals surface area contributed by atoms with Crippen molar-refractivity contribution in [3.63, 3.8) is 0 Å². The van der Waals surface area contributed by atoms with Gasteiger partial charge in [0.05, 0.1) is 5.69 Å². The SMILES string of the molecule is CNc1ncnc(-c2ccnc(C)c2)c1C(C)C. The highest BCUT2D eigenvalue weighted by Gasteiger charge is 2.15. The van der Waals surface area contributed by atoms with Gasteiger partial charge in [-0.3, -0.25) is 4.98 Å². The molecule has 94 valence electrons. The van der Waals surface area contributed by atoms with Gasteiger partial charge in [0.25, 0.3) is 0 Å². The zero-order valence-electron chi connectivity index (χ0n) is 11.2. The molecule has 4 nitrogen and oxygen atoms in total. The third-order valence-electron chi connectivity index (χ3n) is 2.87. The lowest BCUT2D eigenvalue weighted by Crippen LogP contribution is -2.04. The van der Waals surface area contributed by atoms with Crippen molar-refractivity contribution in [1.29, 1.82) is 0 Å². The fourth-order valence-electron chi connectivity index (χ4n) is 2.06. The Hall–Kier alpha value is -1.97. The molecule has 0 aliphatic heterocycles. The highest BCUT2D eigenvalue weighted by atomic mass is 15.0. The van der Waals surface area contributed by atoms with Crippen molar-refractivity contribution < 1.29 is 0 Å². The van der Waals surface area contributed by atoms with Crippen molar-refractivity contribution >= 4 is 5.82 Å². The van der Waals surface area contributed by atoms with Crippen LogP contribution in [0.5, 0.6) is 0 Å². The summed E-state index contributed by atoms with van der Waals surface area (Å²) < 4.78 is 0. The predicted octanol–water partition coefficient (Wildman–Crippen LogP) is 3.01. The quantitative estimate of drug-likeness (QED) is 0.898. The van der Waals surface area contributed by atoms with E-state index in [9.17, 15) is 0 Å². The van der Waals surface area contributed by atoms with Gasteiger partial charge in [-0.1, -0.05) is 13.8 Å². The third-order valence-corrected chi connectivity index (χ3v) is 2.87. The molecular weight excluding hydrogens is 224 g/mol. The van der Waals surface area contributed by atoms with Crippen LogP contribution < -0.4 is 5.32 Å². The first-order chi connectivity index (χ1) is 8.63. The van der Waals surface area contributed by atoms with Gasteiger partial charge in [-0.05, 0) is 25.0 Å². The van der Waals surface area contributed by atoms with E-state index >= 15 is 0 Å². The van der Waals surface area contributed by atoms with Gasteiger partial charge in [0.15, 0.2) is 0 Å². The smallest absolute Gasteiger partial charge is 0.133 e. The lowest BCUT2D eigenvalue weighted by atomic mass is 9.97. The number of pyridine rings is 1. The van der Waals surface area contributed by atoms with Gasteiger partial charge in [-0.25, -0.2) is 9.97 Å². The molecule has 0 saturated carbocycles. The Balaban J connectivity index is 2.63. The van der Waals surface area contributed by atoms with Crippen LogP contribution in [0.4, 0.5) is 5.82 Å². The summed E-state index contributed by atoms with van der Waals surface area (Å²) in [7, 11) is 1.88. The Morgan fingerprint density at radius 2 is 1.94 bits per heavy atom. The van der Waals surface area contributed by atoms with Gasteiger partial charge >= 0.3 is 0 Å². The second-order valence-corrected chi connectivity index (χ2v) is 4.58. The van der Waals surface area contributed by atoms with E-state index in [0.29, 0.717) is 5.92 Å². The van der Waals surface area contributed by atoms with Crippen LogP contribution in [0.25, 0.3) is 11.3 Å². The summed E-state index contributed by atoms with van der Waals surface area (Å²) >= 11 is 0. The number of nitrogens with one attached hydrogen (secondary N) is 1. The van der Waals surface area contributed by atoms with Gasteiger partial charge in [-0.2, -0.15) is 0 Å². The summed E-state index contributed by atoms with van der Waals surface area (Å²) in [4.78, 5) is 13.0. The van der Waals surface area contributed by atoms with Crippen LogP contribution in [0, 0.1) is 6.92 Å². The largest absolute Gasteiger partial charge is 0.373 e. The van der Waals surface area contributed by atoms with Gasteiger partial charge in [0, 0.05) is 30.1 Å². The lowest BCUT2D eigenvalue weighted by molar-refractivity contribution is 0.852. The molecule has 0 bridgehead atoms. The predicted molar refractivity (Wildman–Crippen MR) is 73.6 cm³/mol. The summed E-state index contributed by atoms with van der Waals surface area (Å²) in [5, 5.41) is 3.13. The topological polar surface area (TPSA) is 50.7 Å². The molecule has 2 aromatic rings. The highest BCUT2D eigenvalue weighted by Crippen LogP contribution is 2.31. The Kier molecular flexibility index (Phi) is 3.55. The minimum Gasteiger partial charge on any atom is -0.373 e. The Bertz CT molecular complexity index is 549. The zero-order chi connectivity index (χ0) is 13.1. The summed E-state index contributed by atoms with van der Waals surface area (Å²) in [6, 6.07) is 4.04. The molecule has 0 amide bonds. The molecule has 2 aromatic heterocycles. The average Bonchev–Trinajstić information content (AvgIpc) is 2.37. The molecule has 4 heteroatoms. The number of nitrogens with zero attached hydrogens (tertiary/aromatic N) is 3. The fourth-order valence-corrected chi connectivity index (χ4v) is 2.06. The lowest BCUT2D eigenvalue weighted by Gasteiger charge is -2.15. The van der Waals surface area contributed by atoms with Gasteiger partial charge < -0.3 is 5.32 Å². The maximum absolute atomic E-state index is 4.44. The Labute approximate surface area is 108 Å². The Morgan fingerprint density at radius 3 is 2.56 bits per heavy atom. The molecule has 0 radical (unpaired) electrons. The summed E-state index contributed by atoms with van der Waals surface area (Å²) in [5.74, 6) is 1.25. The van der Waals surface area contributed by atoms with Crippen LogP contribution in [0.15, 0.2) is 24.7 Å². The monoisotopic (exact) mass is 242 g/mol. The number of aryl methyl sites for hydroxylation is 1. The van der Waals surface area contributed by atoms with E-state index in [-0.39, 0.29) is 0 Å². The molecule has 0 fully saturated rings. The molecule has 0 atom stereocenters. The normalized spacial score (nSPS) is 10.7. The zero-order valence-corrected chi connectivity index (χ0v) is 11.2. The number of aromatic nitrogens is 3.